The van der Waals surface area contributed by atoms with Crippen LogP contribution in [-0.2, 0) is 22.6 Å². The predicted molar refractivity (Wildman–Crippen MR) is 107 cm³/mol. The van der Waals surface area contributed by atoms with Gasteiger partial charge in [0.05, 0.1) is 6.04 Å². The van der Waals surface area contributed by atoms with Gasteiger partial charge in [0.2, 0.25) is 11.8 Å². The third-order valence-electron chi connectivity index (χ3n) is 5.02. The first-order valence-electron chi connectivity index (χ1n) is 9.59. The molecule has 1 aliphatic rings. The predicted octanol–water partition coefficient (Wildman–Crippen LogP) is 3.00. The zero-order valence-corrected chi connectivity index (χ0v) is 15.5. The molecule has 0 aromatic heterocycles. The van der Waals surface area contributed by atoms with Gasteiger partial charge in [-0.15, -0.1) is 0 Å². The molecule has 5 nitrogen and oxygen atoms in total. The van der Waals surface area contributed by atoms with Crippen LogP contribution in [0.4, 0.5) is 5.69 Å². The molecule has 0 spiro atoms. The number of nitrogens with two attached hydrogens (primary N) is 1. The molecule has 142 valence electrons. The molecule has 5 heteroatoms. The average Bonchev–Trinajstić information content (AvgIpc) is 3.22. The molecule has 0 heterocycles. The lowest BCUT2D eigenvalue weighted by molar-refractivity contribution is -0.122. The van der Waals surface area contributed by atoms with E-state index in [4.69, 9.17) is 5.73 Å². The lowest BCUT2D eigenvalue weighted by Gasteiger charge is -2.14. The van der Waals surface area contributed by atoms with E-state index in [9.17, 15) is 9.59 Å². The minimum absolute atomic E-state index is 0.0959. The van der Waals surface area contributed by atoms with Gasteiger partial charge in [0.1, 0.15) is 0 Å². The van der Waals surface area contributed by atoms with E-state index in [2.05, 4.69) is 10.6 Å². The molecule has 0 saturated heterocycles. The molecule has 0 radical (unpaired) electrons. The van der Waals surface area contributed by atoms with Crippen LogP contribution in [0.5, 0.6) is 0 Å². The largest absolute Gasteiger partial charge is 0.351 e. The van der Waals surface area contributed by atoms with Crippen LogP contribution < -0.4 is 16.4 Å². The Hall–Kier alpha value is -2.66. The maximum atomic E-state index is 12.3. The maximum Gasteiger partial charge on any atom is 0.237 e. The van der Waals surface area contributed by atoms with Crippen molar-refractivity contribution in [3.8, 4) is 0 Å². The summed E-state index contributed by atoms with van der Waals surface area (Å²) in [6.07, 6.45) is 4.71. The van der Waals surface area contributed by atoms with Gasteiger partial charge in [0, 0.05) is 18.2 Å². The lowest BCUT2D eigenvalue weighted by Crippen LogP contribution is -2.41. The zero-order chi connectivity index (χ0) is 19.1. The molecule has 2 aromatic carbocycles. The van der Waals surface area contributed by atoms with Crippen molar-refractivity contribution in [2.45, 2.75) is 44.7 Å². The Kier molecular flexibility index (Phi) is 6.60. The first kappa shape index (κ1) is 19.1. The molecule has 2 aromatic rings. The molecule has 0 aliphatic heterocycles. The molecule has 1 aliphatic carbocycles. The SMILES string of the molecule is N[C@@H](Cc1ccccc1)C(=O)NCc1cccc(NC(=O)C2CCCC2)c1. The highest BCUT2D eigenvalue weighted by atomic mass is 16.2. The van der Waals surface area contributed by atoms with Crippen molar-refractivity contribution in [2.24, 2.45) is 11.7 Å². The molecule has 0 unspecified atom stereocenters. The molecular weight excluding hydrogens is 338 g/mol. The van der Waals surface area contributed by atoms with Crippen molar-refractivity contribution in [3.05, 3.63) is 65.7 Å². The summed E-state index contributed by atoms with van der Waals surface area (Å²) in [6, 6.07) is 16.7. The van der Waals surface area contributed by atoms with Crippen LogP contribution in [-0.4, -0.2) is 17.9 Å². The lowest BCUT2D eigenvalue weighted by atomic mass is 10.1. The highest BCUT2D eigenvalue weighted by molar-refractivity contribution is 5.92. The minimum atomic E-state index is -0.586. The first-order valence-corrected chi connectivity index (χ1v) is 9.59. The van der Waals surface area contributed by atoms with Gasteiger partial charge in [-0.2, -0.15) is 0 Å². The number of benzene rings is 2. The van der Waals surface area contributed by atoms with Crippen molar-refractivity contribution < 1.29 is 9.59 Å². The van der Waals surface area contributed by atoms with Crippen LogP contribution in [0.2, 0.25) is 0 Å². The van der Waals surface area contributed by atoms with E-state index >= 15 is 0 Å². The Labute approximate surface area is 160 Å². The fourth-order valence-corrected chi connectivity index (χ4v) is 3.47. The number of anilines is 1. The number of hydrogen-bond acceptors (Lipinski definition) is 3. The van der Waals surface area contributed by atoms with Crippen LogP contribution in [0.25, 0.3) is 0 Å². The molecule has 27 heavy (non-hydrogen) atoms. The number of carbonyl (C=O) groups excluding carboxylic acids is 2. The second-order valence-electron chi connectivity index (χ2n) is 7.19. The second kappa shape index (κ2) is 9.33. The Morgan fingerprint density at radius 1 is 1.00 bits per heavy atom. The monoisotopic (exact) mass is 365 g/mol. The molecule has 1 atom stereocenters. The van der Waals surface area contributed by atoms with Crippen LogP contribution >= 0.6 is 0 Å². The van der Waals surface area contributed by atoms with Gasteiger partial charge in [0.15, 0.2) is 0 Å². The maximum absolute atomic E-state index is 12.3. The molecule has 1 saturated carbocycles. The highest BCUT2D eigenvalue weighted by Crippen LogP contribution is 2.26. The van der Waals surface area contributed by atoms with Gasteiger partial charge in [0.25, 0.3) is 0 Å². The van der Waals surface area contributed by atoms with Gasteiger partial charge >= 0.3 is 0 Å². The van der Waals surface area contributed by atoms with Crippen molar-refractivity contribution in [1.29, 1.82) is 0 Å². The quantitative estimate of drug-likeness (QED) is 0.705. The van der Waals surface area contributed by atoms with Gasteiger partial charge in [-0.1, -0.05) is 55.3 Å². The summed E-state index contributed by atoms with van der Waals surface area (Å²) in [6.45, 7) is 0.383. The molecule has 3 rings (SSSR count). The second-order valence-corrected chi connectivity index (χ2v) is 7.19. The standard InChI is InChI=1S/C22H27N3O2/c23-20(14-16-7-2-1-3-8-16)22(27)24-15-17-9-6-12-19(13-17)25-21(26)18-10-4-5-11-18/h1-3,6-9,12-13,18,20H,4-5,10-11,14-15,23H2,(H,24,27)(H,25,26)/t20-/m0/s1. The van der Waals surface area contributed by atoms with Crippen LogP contribution in [0.3, 0.4) is 0 Å². The number of carbonyl (C=O) groups is 2. The number of hydrogen-bond donors (Lipinski definition) is 3. The Morgan fingerprint density at radius 2 is 1.70 bits per heavy atom. The summed E-state index contributed by atoms with van der Waals surface area (Å²) in [4.78, 5) is 24.5. The summed E-state index contributed by atoms with van der Waals surface area (Å²) in [5, 5.41) is 5.87. The van der Waals surface area contributed by atoms with E-state index in [-0.39, 0.29) is 17.7 Å². The van der Waals surface area contributed by atoms with E-state index in [0.29, 0.717) is 13.0 Å². The number of nitrogens with one attached hydrogen (secondary N) is 2. The third-order valence-corrected chi connectivity index (χ3v) is 5.02. The Balaban J connectivity index is 1.50. The van der Waals surface area contributed by atoms with E-state index in [0.717, 1.165) is 42.5 Å². The van der Waals surface area contributed by atoms with Crippen LogP contribution in [0.15, 0.2) is 54.6 Å². The third kappa shape index (κ3) is 5.66. The van der Waals surface area contributed by atoms with Crippen molar-refractivity contribution >= 4 is 17.5 Å². The van der Waals surface area contributed by atoms with Crippen LogP contribution in [0.1, 0.15) is 36.8 Å². The summed E-state index contributed by atoms with van der Waals surface area (Å²) in [7, 11) is 0. The van der Waals surface area contributed by atoms with E-state index in [1.807, 2.05) is 54.6 Å². The fourth-order valence-electron chi connectivity index (χ4n) is 3.47. The topological polar surface area (TPSA) is 84.2 Å². The van der Waals surface area contributed by atoms with Gasteiger partial charge in [-0.25, -0.2) is 0 Å². The molecule has 0 bridgehead atoms. The summed E-state index contributed by atoms with van der Waals surface area (Å²) < 4.78 is 0. The number of rotatable bonds is 7. The summed E-state index contributed by atoms with van der Waals surface area (Å²) >= 11 is 0. The van der Waals surface area contributed by atoms with Crippen LogP contribution in [0, 0.1) is 5.92 Å². The zero-order valence-electron chi connectivity index (χ0n) is 15.5. The molecule has 4 N–H and O–H groups in total. The fraction of sp³-hybridized carbons (Fsp3) is 0.364. The van der Waals surface area contributed by atoms with E-state index < -0.39 is 6.04 Å². The first-order chi connectivity index (χ1) is 13.1. The van der Waals surface area contributed by atoms with Crippen molar-refractivity contribution in [2.75, 3.05) is 5.32 Å². The minimum Gasteiger partial charge on any atom is -0.351 e. The normalized spacial score (nSPS) is 15.3. The Morgan fingerprint density at radius 3 is 2.44 bits per heavy atom. The van der Waals surface area contributed by atoms with Gasteiger partial charge < -0.3 is 16.4 Å². The summed E-state index contributed by atoms with van der Waals surface area (Å²) in [5.74, 6) is 0.0437. The van der Waals surface area contributed by atoms with Gasteiger partial charge in [-0.05, 0) is 42.5 Å². The van der Waals surface area contributed by atoms with E-state index in [1.54, 1.807) is 0 Å². The van der Waals surface area contributed by atoms with Gasteiger partial charge in [-0.3, -0.25) is 9.59 Å². The summed E-state index contributed by atoms with van der Waals surface area (Å²) in [5.41, 5.74) is 8.75. The molecule has 2 amide bonds. The van der Waals surface area contributed by atoms with E-state index in [1.165, 1.54) is 0 Å². The average molecular weight is 365 g/mol. The molecule has 1 fully saturated rings. The Bertz CT molecular complexity index is 770. The van der Waals surface area contributed by atoms with Crippen molar-refractivity contribution in [3.63, 3.8) is 0 Å². The molecular formula is C22H27N3O2. The van der Waals surface area contributed by atoms with Crippen molar-refractivity contribution in [1.82, 2.24) is 5.32 Å². The smallest absolute Gasteiger partial charge is 0.237 e. The number of amides is 2. The highest BCUT2D eigenvalue weighted by Gasteiger charge is 2.22.